The molecular formula is C13H10F2N2O2. The zero-order chi connectivity index (χ0) is 14.0. The third-order valence-electron chi connectivity index (χ3n) is 2.38. The second-order valence-electron chi connectivity index (χ2n) is 3.89. The molecule has 2 rings (SSSR count). The van der Waals surface area contributed by atoms with Crippen molar-refractivity contribution in [3.8, 4) is 5.75 Å². The average Bonchev–Trinajstić information content (AvgIpc) is 2.26. The Morgan fingerprint density at radius 2 is 1.89 bits per heavy atom. The van der Waals surface area contributed by atoms with E-state index in [2.05, 4.69) is 5.32 Å². The normalized spacial score (nSPS) is 10.2. The molecule has 0 aliphatic rings. The fourth-order valence-corrected chi connectivity index (χ4v) is 1.57. The maximum Gasteiger partial charge on any atom is 0.258 e. The maximum absolute atomic E-state index is 13.4. The van der Waals surface area contributed by atoms with Crippen LogP contribution in [0.15, 0.2) is 36.4 Å². The van der Waals surface area contributed by atoms with Gasteiger partial charge in [-0.3, -0.25) is 4.79 Å². The highest BCUT2D eigenvalue weighted by atomic mass is 19.1. The van der Waals surface area contributed by atoms with E-state index in [1.165, 1.54) is 12.1 Å². The number of halogens is 2. The molecule has 1 amide bonds. The van der Waals surface area contributed by atoms with Gasteiger partial charge in [0.05, 0.1) is 5.56 Å². The average molecular weight is 264 g/mol. The van der Waals surface area contributed by atoms with Crippen LogP contribution in [0.4, 0.5) is 20.2 Å². The van der Waals surface area contributed by atoms with Crippen LogP contribution in [0.5, 0.6) is 5.75 Å². The Balaban J connectivity index is 2.25. The molecule has 4 N–H and O–H groups in total. The molecular weight excluding hydrogens is 254 g/mol. The van der Waals surface area contributed by atoms with Gasteiger partial charge < -0.3 is 16.2 Å². The van der Waals surface area contributed by atoms with Crippen molar-refractivity contribution in [2.75, 3.05) is 11.1 Å². The van der Waals surface area contributed by atoms with Crippen LogP contribution in [0.1, 0.15) is 10.4 Å². The first-order valence-corrected chi connectivity index (χ1v) is 5.31. The van der Waals surface area contributed by atoms with E-state index < -0.39 is 17.5 Å². The summed E-state index contributed by atoms with van der Waals surface area (Å²) in [5.41, 5.74) is 5.42. The fraction of sp³-hybridized carbons (Fsp3) is 0. The molecule has 0 spiro atoms. The molecule has 6 heteroatoms. The first kappa shape index (κ1) is 12.8. The zero-order valence-corrected chi connectivity index (χ0v) is 9.65. The smallest absolute Gasteiger partial charge is 0.258 e. The van der Waals surface area contributed by atoms with Crippen molar-refractivity contribution < 1.29 is 18.7 Å². The first-order chi connectivity index (χ1) is 8.95. The Morgan fingerprint density at radius 3 is 2.53 bits per heavy atom. The molecule has 0 aromatic heterocycles. The lowest BCUT2D eigenvalue weighted by Crippen LogP contribution is -2.14. The third-order valence-corrected chi connectivity index (χ3v) is 2.38. The SMILES string of the molecule is Nc1cc(F)cc(NC(=O)c2ccc(O)cc2F)c1. The van der Waals surface area contributed by atoms with Crippen LogP contribution >= 0.6 is 0 Å². The summed E-state index contributed by atoms with van der Waals surface area (Å²) >= 11 is 0. The van der Waals surface area contributed by atoms with E-state index in [-0.39, 0.29) is 22.7 Å². The molecule has 0 atom stereocenters. The Kier molecular flexibility index (Phi) is 3.33. The number of carbonyl (C=O) groups is 1. The van der Waals surface area contributed by atoms with Crippen LogP contribution in [0.3, 0.4) is 0 Å². The van der Waals surface area contributed by atoms with Gasteiger partial charge in [0, 0.05) is 17.4 Å². The number of hydrogen-bond donors (Lipinski definition) is 3. The molecule has 0 saturated heterocycles. The van der Waals surface area contributed by atoms with Gasteiger partial charge in [-0.25, -0.2) is 8.78 Å². The van der Waals surface area contributed by atoms with Gasteiger partial charge in [-0.2, -0.15) is 0 Å². The minimum absolute atomic E-state index is 0.120. The lowest BCUT2D eigenvalue weighted by Gasteiger charge is -2.07. The van der Waals surface area contributed by atoms with Crippen molar-refractivity contribution in [2.24, 2.45) is 0 Å². The highest BCUT2D eigenvalue weighted by Gasteiger charge is 2.13. The summed E-state index contributed by atoms with van der Waals surface area (Å²) in [6.07, 6.45) is 0. The van der Waals surface area contributed by atoms with E-state index in [0.29, 0.717) is 0 Å². The number of phenolic OH excluding ortho intramolecular Hbond substituents is 1. The quantitative estimate of drug-likeness (QED) is 0.729. The van der Waals surface area contributed by atoms with Crippen molar-refractivity contribution in [1.82, 2.24) is 0 Å². The minimum atomic E-state index is -0.873. The lowest BCUT2D eigenvalue weighted by atomic mass is 10.2. The molecule has 0 aliphatic carbocycles. The number of hydrogen-bond acceptors (Lipinski definition) is 3. The molecule has 98 valence electrons. The Bertz CT molecular complexity index is 624. The number of amides is 1. The van der Waals surface area contributed by atoms with E-state index in [9.17, 15) is 13.6 Å². The summed E-state index contributed by atoms with van der Waals surface area (Å²) < 4.78 is 26.5. The standard InChI is InChI=1S/C13H10F2N2O2/c14-7-3-8(16)5-9(4-7)17-13(19)11-2-1-10(18)6-12(11)15/h1-6,18H,16H2,(H,17,19). The molecule has 4 nitrogen and oxygen atoms in total. The van der Waals surface area contributed by atoms with Crippen molar-refractivity contribution >= 4 is 17.3 Å². The van der Waals surface area contributed by atoms with Crippen LogP contribution in [0.2, 0.25) is 0 Å². The predicted octanol–water partition coefficient (Wildman–Crippen LogP) is 2.50. The van der Waals surface area contributed by atoms with E-state index in [0.717, 1.165) is 24.3 Å². The molecule has 0 aliphatic heterocycles. The van der Waals surface area contributed by atoms with Gasteiger partial charge in [0.15, 0.2) is 0 Å². The van der Waals surface area contributed by atoms with Gasteiger partial charge in [0.25, 0.3) is 5.91 Å². The molecule has 0 fully saturated rings. The Labute approximate surface area is 107 Å². The monoisotopic (exact) mass is 264 g/mol. The molecule has 0 bridgehead atoms. The van der Waals surface area contributed by atoms with Gasteiger partial charge in [0.1, 0.15) is 17.4 Å². The number of nitrogens with one attached hydrogen (secondary N) is 1. The van der Waals surface area contributed by atoms with E-state index in [4.69, 9.17) is 10.8 Å². The minimum Gasteiger partial charge on any atom is -0.508 e. The number of nitrogens with two attached hydrogens (primary N) is 1. The van der Waals surface area contributed by atoms with Crippen LogP contribution < -0.4 is 11.1 Å². The summed E-state index contributed by atoms with van der Waals surface area (Å²) in [6.45, 7) is 0. The maximum atomic E-state index is 13.4. The zero-order valence-electron chi connectivity index (χ0n) is 9.65. The van der Waals surface area contributed by atoms with E-state index in [1.807, 2.05) is 0 Å². The predicted molar refractivity (Wildman–Crippen MR) is 66.8 cm³/mol. The summed E-state index contributed by atoms with van der Waals surface area (Å²) in [6, 6.07) is 6.62. The van der Waals surface area contributed by atoms with Crippen molar-refractivity contribution in [3.63, 3.8) is 0 Å². The number of carbonyl (C=O) groups excluding carboxylic acids is 1. The Morgan fingerprint density at radius 1 is 1.16 bits per heavy atom. The van der Waals surface area contributed by atoms with Crippen LogP contribution in [-0.4, -0.2) is 11.0 Å². The van der Waals surface area contributed by atoms with E-state index in [1.54, 1.807) is 0 Å². The van der Waals surface area contributed by atoms with Gasteiger partial charge in [-0.1, -0.05) is 0 Å². The van der Waals surface area contributed by atoms with Crippen molar-refractivity contribution in [2.45, 2.75) is 0 Å². The summed E-state index contributed by atoms with van der Waals surface area (Å²) in [7, 11) is 0. The number of nitrogen functional groups attached to an aromatic ring is 1. The second kappa shape index (κ2) is 4.93. The highest BCUT2D eigenvalue weighted by Crippen LogP contribution is 2.19. The molecule has 19 heavy (non-hydrogen) atoms. The second-order valence-corrected chi connectivity index (χ2v) is 3.89. The fourth-order valence-electron chi connectivity index (χ4n) is 1.57. The molecule has 0 saturated carbocycles. The van der Waals surface area contributed by atoms with Crippen LogP contribution in [0, 0.1) is 11.6 Å². The van der Waals surface area contributed by atoms with Crippen LogP contribution in [-0.2, 0) is 0 Å². The van der Waals surface area contributed by atoms with Gasteiger partial charge in [-0.05, 0) is 30.3 Å². The number of benzene rings is 2. The molecule has 0 radical (unpaired) electrons. The lowest BCUT2D eigenvalue weighted by molar-refractivity contribution is 0.102. The van der Waals surface area contributed by atoms with Crippen molar-refractivity contribution in [3.05, 3.63) is 53.6 Å². The number of aromatic hydroxyl groups is 1. The van der Waals surface area contributed by atoms with Crippen molar-refractivity contribution in [1.29, 1.82) is 0 Å². The highest BCUT2D eigenvalue weighted by molar-refractivity contribution is 6.04. The third kappa shape index (κ3) is 2.98. The molecule has 2 aromatic rings. The van der Waals surface area contributed by atoms with E-state index >= 15 is 0 Å². The first-order valence-electron chi connectivity index (χ1n) is 5.31. The van der Waals surface area contributed by atoms with Gasteiger partial charge in [0.2, 0.25) is 0 Å². The Hall–Kier alpha value is -2.63. The number of phenols is 1. The number of rotatable bonds is 2. The summed E-state index contributed by atoms with van der Waals surface area (Å²) in [4.78, 5) is 11.8. The summed E-state index contributed by atoms with van der Waals surface area (Å²) in [5, 5.41) is 11.4. The van der Waals surface area contributed by atoms with Gasteiger partial charge in [-0.15, -0.1) is 0 Å². The van der Waals surface area contributed by atoms with Gasteiger partial charge >= 0.3 is 0 Å². The largest absolute Gasteiger partial charge is 0.508 e. The molecule has 2 aromatic carbocycles. The molecule has 0 heterocycles. The number of anilines is 2. The van der Waals surface area contributed by atoms with Crippen LogP contribution in [0.25, 0.3) is 0 Å². The summed E-state index contributed by atoms with van der Waals surface area (Å²) in [5.74, 6) is -2.53. The molecule has 0 unspecified atom stereocenters. The topological polar surface area (TPSA) is 75.3 Å².